The number of para-hydroxylation sites is 2. The molecule has 1 aromatic heterocycles. The van der Waals surface area contributed by atoms with Crippen molar-refractivity contribution in [3.8, 4) is 5.75 Å². The standard InChI is InChI=1S/C21H23ClN2O/c1-15-20-17-9-6-10-18(22)21(17)24(19(20)11-12-23(15)2)13-14-25-16-7-4-3-5-8-16/h3-10,15H,11-14H2,1-2H3. The summed E-state index contributed by atoms with van der Waals surface area (Å²) in [6, 6.07) is 16.6. The van der Waals surface area contributed by atoms with Crippen LogP contribution in [0.15, 0.2) is 48.5 Å². The van der Waals surface area contributed by atoms with Gasteiger partial charge in [0.05, 0.1) is 17.1 Å². The van der Waals surface area contributed by atoms with E-state index in [2.05, 4.69) is 35.6 Å². The quantitative estimate of drug-likeness (QED) is 0.661. The molecule has 0 aliphatic carbocycles. The van der Waals surface area contributed by atoms with Crippen molar-refractivity contribution in [1.82, 2.24) is 9.47 Å². The second-order valence-electron chi connectivity index (χ2n) is 6.72. The Morgan fingerprint density at radius 2 is 1.92 bits per heavy atom. The zero-order valence-electron chi connectivity index (χ0n) is 14.7. The summed E-state index contributed by atoms with van der Waals surface area (Å²) in [7, 11) is 2.19. The molecule has 0 bridgehead atoms. The third-order valence-corrected chi connectivity index (χ3v) is 5.60. The van der Waals surface area contributed by atoms with Crippen molar-refractivity contribution in [3.63, 3.8) is 0 Å². The molecule has 0 spiro atoms. The second-order valence-corrected chi connectivity index (χ2v) is 7.12. The molecule has 4 rings (SSSR count). The third kappa shape index (κ3) is 2.92. The van der Waals surface area contributed by atoms with Crippen molar-refractivity contribution in [2.45, 2.75) is 25.9 Å². The van der Waals surface area contributed by atoms with Crippen molar-refractivity contribution >= 4 is 22.5 Å². The van der Waals surface area contributed by atoms with Gasteiger partial charge in [-0.1, -0.05) is 41.9 Å². The minimum atomic E-state index is 0.404. The minimum Gasteiger partial charge on any atom is -0.492 e. The summed E-state index contributed by atoms with van der Waals surface area (Å²) in [6.07, 6.45) is 1.05. The molecule has 0 fully saturated rings. The van der Waals surface area contributed by atoms with Crippen molar-refractivity contribution in [2.24, 2.45) is 0 Å². The lowest BCUT2D eigenvalue weighted by Crippen LogP contribution is -2.31. The van der Waals surface area contributed by atoms with Crippen molar-refractivity contribution in [1.29, 1.82) is 0 Å². The molecule has 0 saturated heterocycles. The molecule has 1 aliphatic heterocycles. The van der Waals surface area contributed by atoms with E-state index < -0.39 is 0 Å². The number of rotatable bonds is 4. The average Bonchev–Trinajstić information content (AvgIpc) is 2.95. The number of hydrogen-bond acceptors (Lipinski definition) is 2. The zero-order valence-corrected chi connectivity index (χ0v) is 15.5. The van der Waals surface area contributed by atoms with Gasteiger partial charge < -0.3 is 9.30 Å². The first-order valence-electron chi connectivity index (χ1n) is 8.84. The first kappa shape index (κ1) is 16.5. The van der Waals surface area contributed by atoms with Gasteiger partial charge in [0.15, 0.2) is 0 Å². The first-order valence-corrected chi connectivity index (χ1v) is 9.22. The van der Waals surface area contributed by atoms with E-state index in [1.165, 1.54) is 16.6 Å². The number of hydrogen-bond donors (Lipinski definition) is 0. The van der Waals surface area contributed by atoms with E-state index in [9.17, 15) is 0 Å². The van der Waals surface area contributed by atoms with E-state index in [0.29, 0.717) is 12.6 Å². The predicted octanol–water partition coefficient (Wildman–Crippen LogP) is 4.92. The average molecular weight is 355 g/mol. The van der Waals surface area contributed by atoms with Crippen LogP contribution in [-0.4, -0.2) is 29.7 Å². The summed E-state index contributed by atoms with van der Waals surface area (Å²) in [4.78, 5) is 2.41. The summed E-state index contributed by atoms with van der Waals surface area (Å²) in [5, 5.41) is 2.10. The van der Waals surface area contributed by atoms with Crippen molar-refractivity contribution in [3.05, 3.63) is 64.8 Å². The van der Waals surface area contributed by atoms with Gasteiger partial charge in [0.1, 0.15) is 12.4 Å². The van der Waals surface area contributed by atoms with Crippen LogP contribution in [0.4, 0.5) is 0 Å². The Labute approximate surface area is 153 Å². The summed E-state index contributed by atoms with van der Waals surface area (Å²) >= 11 is 6.59. The molecule has 4 heteroatoms. The van der Waals surface area contributed by atoms with Crippen molar-refractivity contribution in [2.75, 3.05) is 20.2 Å². The molecule has 25 heavy (non-hydrogen) atoms. The lowest BCUT2D eigenvalue weighted by molar-refractivity contribution is 0.242. The predicted molar refractivity (Wildman–Crippen MR) is 104 cm³/mol. The van der Waals surface area contributed by atoms with E-state index in [-0.39, 0.29) is 0 Å². The Hall–Kier alpha value is -1.97. The second kappa shape index (κ2) is 6.74. The van der Waals surface area contributed by atoms with E-state index in [1.807, 2.05) is 36.4 Å². The molecule has 3 nitrogen and oxygen atoms in total. The van der Waals surface area contributed by atoms with Gasteiger partial charge in [-0.05, 0) is 37.7 Å². The lowest BCUT2D eigenvalue weighted by atomic mass is 9.97. The molecule has 1 atom stereocenters. The van der Waals surface area contributed by atoms with Gasteiger partial charge in [-0.3, -0.25) is 4.90 Å². The normalized spacial score (nSPS) is 17.6. The third-order valence-electron chi connectivity index (χ3n) is 5.29. The number of nitrogens with zero attached hydrogens (tertiary/aromatic N) is 2. The highest BCUT2D eigenvalue weighted by Crippen LogP contribution is 2.39. The Kier molecular flexibility index (Phi) is 4.45. The van der Waals surface area contributed by atoms with Gasteiger partial charge >= 0.3 is 0 Å². The molecule has 2 heterocycles. The van der Waals surface area contributed by atoms with Gasteiger partial charge in [-0.25, -0.2) is 0 Å². The molecule has 130 valence electrons. The van der Waals surface area contributed by atoms with Crippen LogP contribution in [0.3, 0.4) is 0 Å². The number of halogens is 1. The van der Waals surface area contributed by atoms with Crippen LogP contribution in [-0.2, 0) is 13.0 Å². The smallest absolute Gasteiger partial charge is 0.119 e. The van der Waals surface area contributed by atoms with E-state index in [0.717, 1.165) is 35.8 Å². The van der Waals surface area contributed by atoms with Gasteiger partial charge in [-0.15, -0.1) is 0 Å². The minimum absolute atomic E-state index is 0.404. The summed E-state index contributed by atoms with van der Waals surface area (Å²) in [5.74, 6) is 0.909. The summed E-state index contributed by atoms with van der Waals surface area (Å²) < 4.78 is 8.31. The first-order chi connectivity index (χ1) is 12.2. The zero-order chi connectivity index (χ0) is 17.4. The summed E-state index contributed by atoms with van der Waals surface area (Å²) in [5.41, 5.74) is 3.98. The van der Waals surface area contributed by atoms with Crippen LogP contribution in [0, 0.1) is 0 Å². The topological polar surface area (TPSA) is 17.4 Å². The highest BCUT2D eigenvalue weighted by Gasteiger charge is 2.28. The SMILES string of the molecule is CC1c2c(n(CCOc3ccccc3)c3c(Cl)cccc23)CCN1C. The molecule has 0 N–H and O–H groups in total. The Balaban J connectivity index is 1.71. The number of aromatic nitrogens is 1. The van der Waals surface area contributed by atoms with Gasteiger partial charge in [0, 0.05) is 30.1 Å². The van der Waals surface area contributed by atoms with E-state index >= 15 is 0 Å². The number of fused-ring (bicyclic) bond motifs is 3. The monoisotopic (exact) mass is 354 g/mol. The molecule has 0 amide bonds. The highest BCUT2D eigenvalue weighted by molar-refractivity contribution is 6.35. The van der Waals surface area contributed by atoms with Crippen LogP contribution in [0.25, 0.3) is 10.9 Å². The molecular formula is C21H23ClN2O. The lowest BCUT2D eigenvalue weighted by Gasteiger charge is -2.31. The largest absolute Gasteiger partial charge is 0.492 e. The van der Waals surface area contributed by atoms with Crippen LogP contribution in [0.5, 0.6) is 5.75 Å². The van der Waals surface area contributed by atoms with Crippen LogP contribution in [0.2, 0.25) is 5.02 Å². The Bertz CT molecular complexity index is 888. The molecule has 1 aliphatic rings. The Morgan fingerprint density at radius 1 is 1.12 bits per heavy atom. The molecule has 1 unspecified atom stereocenters. The molecule has 0 radical (unpaired) electrons. The highest BCUT2D eigenvalue weighted by atomic mass is 35.5. The molecule has 0 saturated carbocycles. The van der Waals surface area contributed by atoms with Crippen LogP contribution in [0.1, 0.15) is 24.2 Å². The Morgan fingerprint density at radius 3 is 2.72 bits per heavy atom. The van der Waals surface area contributed by atoms with Crippen LogP contribution >= 0.6 is 11.6 Å². The van der Waals surface area contributed by atoms with Crippen molar-refractivity contribution < 1.29 is 4.74 Å². The van der Waals surface area contributed by atoms with E-state index in [4.69, 9.17) is 16.3 Å². The molecule has 2 aromatic carbocycles. The maximum absolute atomic E-state index is 6.59. The maximum atomic E-state index is 6.59. The van der Waals surface area contributed by atoms with Gasteiger partial charge in [0.25, 0.3) is 0 Å². The molecule has 3 aromatic rings. The number of likely N-dealkylation sites (N-methyl/N-ethyl adjacent to an activating group) is 1. The number of ether oxygens (including phenoxy) is 1. The summed E-state index contributed by atoms with van der Waals surface area (Å²) in [6.45, 7) is 4.79. The fourth-order valence-corrected chi connectivity index (χ4v) is 4.17. The number of benzene rings is 2. The fraction of sp³-hybridized carbons (Fsp3) is 0.333. The molecular weight excluding hydrogens is 332 g/mol. The van der Waals surface area contributed by atoms with Crippen LogP contribution < -0.4 is 4.74 Å². The van der Waals surface area contributed by atoms with E-state index in [1.54, 1.807) is 0 Å². The van der Waals surface area contributed by atoms with Gasteiger partial charge in [-0.2, -0.15) is 0 Å². The maximum Gasteiger partial charge on any atom is 0.119 e. The van der Waals surface area contributed by atoms with Gasteiger partial charge in [0.2, 0.25) is 0 Å². The fourth-order valence-electron chi connectivity index (χ4n) is 3.89.